The molecule has 0 fully saturated rings. The summed E-state index contributed by atoms with van der Waals surface area (Å²) in [5, 5.41) is 5.63. The number of hydrogen-bond donors (Lipinski definition) is 2. The van der Waals surface area contributed by atoms with E-state index in [1.807, 2.05) is 30.3 Å². The molecular weight excluding hydrogens is 356 g/mol. The van der Waals surface area contributed by atoms with E-state index in [1.165, 1.54) is 13.0 Å². The summed E-state index contributed by atoms with van der Waals surface area (Å²) in [6.07, 6.45) is 3.12. The van der Waals surface area contributed by atoms with Crippen molar-refractivity contribution in [2.45, 2.75) is 26.3 Å². The van der Waals surface area contributed by atoms with Crippen molar-refractivity contribution < 1.29 is 19.1 Å². The van der Waals surface area contributed by atoms with Gasteiger partial charge in [-0.05, 0) is 36.3 Å². The van der Waals surface area contributed by atoms with Crippen LogP contribution >= 0.6 is 0 Å². The Morgan fingerprint density at radius 2 is 1.71 bits per heavy atom. The zero-order valence-corrected chi connectivity index (χ0v) is 16.0. The Morgan fingerprint density at radius 3 is 2.32 bits per heavy atom. The van der Waals surface area contributed by atoms with E-state index in [1.54, 1.807) is 37.3 Å². The highest BCUT2D eigenvalue weighted by atomic mass is 16.5. The molecule has 2 amide bonds. The molecular formula is C22H24N2O4. The second kappa shape index (κ2) is 10.7. The van der Waals surface area contributed by atoms with Crippen LogP contribution in [0.4, 0.5) is 5.69 Å². The predicted molar refractivity (Wildman–Crippen MR) is 108 cm³/mol. The number of esters is 1. The first-order chi connectivity index (χ1) is 13.5. The van der Waals surface area contributed by atoms with Gasteiger partial charge in [-0.25, -0.2) is 4.79 Å². The largest absolute Gasteiger partial charge is 0.463 e. The maximum absolute atomic E-state index is 12.4. The smallest absolute Gasteiger partial charge is 0.330 e. The summed E-state index contributed by atoms with van der Waals surface area (Å²) in [6.45, 7) is 3.50. The van der Waals surface area contributed by atoms with Gasteiger partial charge in [-0.15, -0.1) is 0 Å². The summed E-state index contributed by atoms with van der Waals surface area (Å²) in [4.78, 5) is 35.2. The molecule has 0 aliphatic carbocycles. The third kappa shape index (κ3) is 7.07. The Balaban J connectivity index is 1.97. The average Bonchev–Trinajstić information content (AvgIpc) is 2.67. The van der Waals surface area contributed by atoms with E-state index in [0.29, 0.717) is 12.3 Å². The molecule has 146 valence electrons. The highest BCUT2D eigenvalue weighted by Gasteiger charge is 2.17. The fourth-order valence-corrected chi connectivity index (χ4v) is 2.61. The highest BCUT2D eigenvalue weighted by Crippen LogP contribution is 2.18. The van der Waals surface area contributed by atoms with Gasteiger partial charge in [0.25, 0.3) is 0 Å². The minimum Gasteiger partial charge on any atom is -0.463 e. The Hall–Kier alpha value is -3.41. The lowest BCUT2D eigenvalue weighted by molar-refractivity contribution is -0.137. The van der Waals surface area contributed by atoms with E-state index < -0.39 is 12.0 Å². The molecule has 2 aromatic rings. The number of ether oxygens (including phenoxy) is 1. The number of benzene rings is 2. The van der Waals surface area contributed by atoms with Gasteiger partial charge in [0.2, 0.25) is 11.8 Å². The first-order valence-corrected chi connectivity index (χ1v) is 9.04. The summed E-state index contributed by atoms with van der Waals surface area (Å²) in [6, 6.07) is 16.0. The summed E-state index contributed by atoms with van der Waals surface area (Å²) < 4.78 is 4.83. The zero-order valence-electron chi connectivity index (χ0n) is 16.0. The number of amides is 2. The van der Waals surface area contributed by atoms with Crippen molar-refractivity contribution in [2.24, 2.45) is 0 Å². The Labute approximate surface area is 164 Å². The van der Waals surface area contributed by atoms with Crippen molar-refractivity contribution in [3.05, 3.63) is 71.8 Å². The van der Waals surface area contributed by atoms with E-state index in [4.69, 9.17) is 4.74 Å². The van der Waals surface area contributed by atoms with Gasteiger partial charge in [0, 0.05) is 18.7 Å². The first-order valence-electron chi connectivity index (χ1n) is 9.04. The summed E-state index contributed by atoms with van der Waals surface area (Å²) in [5.41, 5.74) is 2.31. The molecule has 6 heteroatoms. The quantitative estimate of drug-likeness (QED) is 0.542. The van der Waals surface area contributed by atoms with Crippen molar-refractivity contribution in [3.8, 4) is 0 Å². The van der Waals surface area contributed by atoms with Crippen LogP contribution in [-0.2, 0) is 19.1 Å². The minimum absolute atomic E-state index is 0.119. The van der Waals surface area contributed by atoms with Crippen LogP contribution in [-0.4, -0.2) is 24.4 Å². The molecule has 2 N–H and O–H groups in total. The van der Waals surface area contributed by atoms with Gasteiger partial charge in [-0.3, -0.25) is 9.59 Å². The molecule has 0 bridgehead atoms. The van der Waals surface area contributed by atoms with Crippen LogP contribution in [0.3, 0.4) is 0 Å². The van der Waals surface area contributed by atoms with Crippen LogP contribution in [0.2, 0.25) is 0 Å². The van der Waals surface area contributed by atoms with Crippen LogP contribution in [0, 0.1) is 0 Å². The number of carbonyl (C=O) groups excluding carboxylic acids is 3. The first kappa shape index (κ1) is 20.9. The molecule has 0 radical (unpaired) electrons. The molecule has 0 aliphatic heterocycles. The van der Waals surface area contributed by atoms with Crippen molar-refractivity contribution in [2.75, 3.05) is 11.9 Å². The zero-order chi connectivity index (χ0) is 20.4. The van der Waals surface area contributed by atoms with E-state index in [-0.39, 0.29) is 18.2 Å². The van der Waals surface area contributed by atoms with E-state index >= 15 is 0 Å². The van der Waals surface area contributed by atoms with Gasteiger partial charge in [0.05, 0.1) is 19.1 Å². The number of anilines is 1. The van der Waals surface area contributed by atoms with Gasteiger partial charge >= 0.3 is 5.97 Å². The molecule has 0 aliphatic rings. The molecule has 0 heterocycles. The van der Waals surface area contributed by atoms with Gasteiger partial charge in [0.1, 0.15) is 0 Å². The predicted octanol–water partition coefficient (Wildman–Crippen LogP) is 3.47. The van der Waals surface area contributed by atoms with Crippen molar-refractivity contribution in [1.29, 1.82) is 0 Å². The number of nitrogens with one attached hydrogen (secondary N) is 2. The summed E-state index contributed by atoms with van der Waals surface area (Å²) >= 11 is 0. The van der Waals surface area contributed by atoms with Crippen molar-refractivity contribution >= 4 is 29.5 Å². The van der Waals surface area contributed by atoms with Gasteiger partial charge in [-0.2, -0.15) is 0 Å². The fraction of sp³-hybridized carbons (Fsp3) is 0.227. The minimum atomic E-state index is -0.398. The Morgan fingerprint density at radius 1 is 1.04 bits per heavy atom. The molecule has 2 rings (SSSR count). The standard InChI is InChI=1S/C22H24N2O4/c1-3-28-22(27)14-11-17-9-12-19(13-10-17)24-21(26)15-20(23-16(2)25)18-7-5-4-6-8-18/h4-14,20H,3,15H2,1-2H3,(H,23,25)(H,24,26)/b14-11+. The Bertz CT molecular complexity index is 829. The Kier molecular flexibility index (Phi) is 7.96. The average molecular weight is 380 g/mol. The molecule has 1 atom stereocenters. The molecule has 0 saturated carbocycles. The van der Waals surface area contributed by atoms with Crippen LogP contribution in [0.25, 0.3) is 6.08 Å². The summed E-state index contributed by atoms with van der Waals surface area (Å²) in [5.74, 6) is -0.804. The van der Waals surface area contributed by atoms with Crippen LogP contribution < -0.4 is 10.6 Å². The second-order valence-corrected chi connectivity index (χ2v) is 6.12. The normalized spacial score (nSPS) is 11.6. The second-order valence-electron chi connectivity index (χ2n) is 6.12. The maximum Gasteiger partial charge on any atom is 0.330 e. The molecule has 6 nitrogen and oxygen atoms in total. The van der Waals surface area contributed by atoms with Gasteiger partial charge < -0.3 is 15.4 Å². The number of rotatable bonds is 8. The van der Waals surface area contributed by atoms with Crippen molar-refractivity contribution in [1.82, 2.24) is 5.32 Å². The number of hydrogen-bond acceptors (Lipinski definition) is 4. The van der Waals surface area contributed by atoms with Crippen LogP contribution in [0.1, 0.15) is 37.4 Å². The van der Waals surface area contributed by atoms with Gasteiger partial charge in [-0.1, -0.05) is 42.5 Å². The SMILES string of the molecule is CCOC(=O)/C=C/c1ccc(NC(=O)CC(NC(C)=O)c2ccccc2)cc1. The van der Waals surface area contributed by atoms with Crippen LogP contribution in [0.5, 0.6) is 0 Å². The van der Waals surface area contributed by atoms with E-state index in [2.05, 4.69) is 10.6 Å². The molecule has 0 aromatic heterocycles. The van der Waals surface area contributed by atoms with Gasteiger partial charge in [0.15, 0.2) is 0 Å². The fourth-order valence-electron chi connectivity index (χ4n) is 2.61. The molecule has 2 aromatic carbocycles. The molecule has 1 unspecified atom stereocenters. The third-order valence-corrected chi connectivity index (χ3v) is 3.86. The lowest BCUT2D eigenvalue weighted by atomic mass is 10.0. The van der Waals surface area contributed by atoms with Crippen molar-refractivity contribution in [3.63, 3.8) is 0 Å². The van der Waals surface area contributed by atoms with E-state index in [9.17, 15) is 14.4 Å². The molecule has 0 spiro atoms. The van der Waals surface area contributed by atoms with E-state index in [0.717, 1.165) is 11.1 Å². The maximum atomic E-state index is 12.4. The highest BCUT2D eigenvalue weighted by molar-refractivity contribution is 5.92. The lowest BCUT2D eigenvalue weighted by Gasteiger charge is -2.18. The number of carbonyl (C=O) groups is 3. The third-order valence-electron chi connectivity index (χ3n) is 3.86. The lowest BCUT2D eigenvalue weighted by Crippen LogP contribution is -2.29. The topological polar surface area (TPSA) is 84.5 Å². The molecule has 28 heavy (non-hydrogen) atoms. The summed E-state index contributed by atoms with van der Waals surface area (Å²) in [7, 11) is 0. The monoisotopic (exact) mass is 380 g/mol. The van der Waals surface area contributed by atoms with Crippen LogP contribution in [0.15, 0.2) is 60.7 Å². The molecule has 0 saturated heterocycles.